The van der Waals surface area contributed by atoms with Crippen LogP contribution in [-0.4, -0.2) is 11.6 Å². The van der Waals surface area contributed by atoms with Gasteiger partial charge in [-0.25, -0.2) is 0 Å². The molecule has 128 valence electrons. The minimum Gasteiger partial charge on any atom is -0.384 e. The van der Waals surface area contributed by atoms with E-state index in [4.69, 9.17) is 0 Å². The fourth-order valence-electron chi connectivity index (χ4n) is 2.67. The lowest BCUT2D eigenvalue weighted by Gasteiger charge is -2.15. The SMILES string of the molecule is CC1=NN(c2ccc(Br)cc2Br)C(=O)/C1=C(/C)NCc1ccccc1. The summed E-state index contributed by atoms with van der Waals surface area (Å²) in [6, 6.07) is 15.7. The van der Waals surface area contributed by atoms with Gasteiger partial charge in [0.25, 0.3) is 5.91 Å². The minimum atomic E-state index is -0.126. The molecule has 1 aliphatic rings. The molecule has 1 amide bonds. The van der Waals surface area contributed by atoms with Gasteiger partial charge in [0.1, 0.15) is 0 Å². The zero-order valence-electron chi connectivity index (χ0n) is 13.9. The Morgan fingerprint density at radius 1 is 1.16 bits per heavy atom. The molecule has 0 radical (unpaired) electrons. The number of amides is 1. The van der Waals surface area contributed by atoms with Crippen LogP contribution in [0.1, 0.15) is 19.4 Å². The van der Waals surface area contributed by atoms with Crippen LogP contribution in [0.15, 0.2) is 73.8 Å². The third-order valence-electron chi connectivity index (χ3n) is 3.93. The Morgan fingerprint density at radius 2 is 1.88 bits per heavy atom. The smallest absolute Gasteiger partial charge is 0.282 e. The first kappa shape index (κ1) is 17.9. The van der Waals surface area contributed by atoms with E-state index >= 15 is 0 Å². The van der Waals surface area contributed by atoms with E-state index in [1.807, 2.05) is 62.4 Å². The summed E-state index contributed by atoms with van der Waals surface area (Å²) < 4.78 is 1.75. The molecule has 0 saturated carbocycles. The maximum absolute atomic E-state index is 12.9. The van der Waals surface area contributed by atoms with Gasteiger partial charge >= 0.3 is 0 Å². The first-order valence-electron chi connectivity index (χ1n) is 7.81. The van der Waals surface area contributed by atoms with Crippen molar-refractivity contribution in [1.29, 1.82) is 0 Å². The number of benzene rings is 2. The van der Waals surface area contributed by atoms with E-state index in [1.165, 1.54) is 5.01 Å². The molecule has 0 atom stereocenters. The molecular weight excluding hydrogens is 446 g/mol. The van der Waals surface area contributed by atoms with Gasteiger partial charge < -0.3 is 5.32 Å². The second-order valence-electron chi connectivity index (χ2n) is 5.74. The number of nitrogens with zero attached hydrogens (tertiary/aromatic N) is 2. The average molecular weight is 463 g/mol. The Hall–Kier alpha value is -1.92. The molecule has 2 aromatic carbocycles. The van der Waals surface area contributed by atoms with E-state index in [0.717, 1.165) is 25.9 Å². The Morgan fingerprint density at radius 3 is 2.56 bits per heavy atom. The Kier molecular flexibility index (Phi) is 5.39. The van der Waals surface area contributed by atoms with E-state index < -0.39 is 0 Å². The van der Waals surface area contributed by atoms with Gasteiger partial charge in [0.15, 0.2) is 0 Å². The van der Waals surface area contributed by atoms with Crippen LogP contribution in [-0.2, 0) is 11.3 Å². The standard InChI is InChI=1S/C19H17Br2N3O/c1-12(22-11-14-6-4-3-5-7-14)18-13(2)23-24(19(18)25)17-9-8-15(20)10-16(17)21/h3-10,22H,11H2,1-2H3/b18-12-. The summed E-state index contributed by atoms with van der Waals surface area (Å²) in [4.78, 5) is 12.9. The van der Waals surface area contributed by atoms with Gasteiger partial charge in [0.05, 0.1) is 17.0 Å². The van der Waals surface area contributed by atoms with Gasteiger partial charge in [-0.15, -0.1) is 0 Å². The fraction of sp³-hybridized carbons (Fsp3) is 0.158. The maximum Gasteiger partial charge on any atom is 0.282 e. The second kappa shape index (κ2) is 7.54. The summed E-state index contributed by atoms with van der Waals surface area (Å²) in [5.41, 5.74) is 4.03. The Bertz CT molecular complexity index is 875. The minimum absolute atomic E-state index is 0.126. The highest BCUT2D eigenvalue weighted by atomic mass is 79.9. The van der Waals surface area contributed by atoms with E-state index in [9.17, 15) is 4.79 Å². The number of carbonyl (C=O) groups is 1. The number of anilines is 1. The number of hydrogen-bond acceptors (Lipinski definition) is 3. The Labute approximate surface area is 163 Å². The van der Waals surface area contributed by atoms with Crippen LogP contribution >= 0.6 is 31.9 Å². The molecular formula is C19H17Br2N3O. The van der Waals surface area contributed by atoms with Crippen molar-refractivity contribution in [3.63, 3.8) is 0 Å². The molecule has 0 saturated heterocycles. The highest BCUT2D eigenvalue weighted by Gasteiger charge is 2.31. The molecule has 4 nitrogen and oxygen atoms in total. The van der Waals surface area contributed by atoms with Crippen molar-refractivity contribution in [2.24, 2.45) is 5.10 Å². The summed E-state index contributed by atoms with van der Waals surface area (Å²) in [6.45, 7) is 4.43. The number of hydrogen-bond donors (Lipinski definition) is 1. The van der Waals surface area contributed by atoms with Gasteiger partial charge in [-0.2, -0.15) is 10.1 Å². The van der Waals surface area contributed by atoms with Crippen molar-refractivity contribution in [2.45, 2.75) is 20.4 Å². The number of hydrazone groups is 1. The number of halogens is 2. The molecule has 0 bridgehead atoms. The zero-order chi connectivity index (χ0) is 18.0. The summed E-state index contributed by atoms with van der Waals surface area (Å²) in [6.07, 6.45) is 0. The van der Waals surface area contributed by atoms with Crippen molar-refractivity contribution in [3.05, 3.63) is 74.3 Å². The number of allylic oxidation sites excluding steroid dienone is 1. The van der Waals surface area contributed by atoms with Crippen LogP contribution in [0.5, 0.6) is 0 Å². The van der Waals surface area contributed by atoms with Crippen LogP contribution in [0.4, 0.5) is 5.69 Å². The quantitative estimate of drug-likeness (QED) is 0.650. The molecule has 3 rings (SSSR count). The van der Waals surface area contributed by atoms with Gasteiger partial charge in [-0.3, -0.25) is 4.79 Å². The molecule has 6 heteroatoms. The molecule has 0 aliphatic carbocycles. The van der Waals surface area contributed by atoms with Crippen molar-refractivity contribution >= 4 is 49.2 Å². The lowest BCUT2D eigenvalue weighted by molar-refractivity contribution is -0.114. The van der Waals surface area contributed by atoms with Gasteiger partial charge in [0, 0.05) is 21.2 Å². The number of rotatable bonds is 4. The van der Waals surface area contributed by atoms with Crippen molar-refractivity contribution in [3.8, 4) is 0 Å². The molecule has 1 aliphatic heterocycles. The van der Waals surface area contributed by atoms with Crippen molar-refractivity contribution in [1.82, 2.24) is 5.32 Å². The first-order valence-corrected chi connectivity index (χ1v) is 9.39. The normalized spacial score (nSPS) is 16.1. The first-order chi connectivity index (χ1) is 12.0. The lowest BCUT2D eigenvalue weighted by atomic mass is 10.1. The lowest BCUT2D eigenvalue weighted by Crippen LogP contribution is -2.25. The molecule has 2 aromatic rings. The zero-order valence-corrected chi connectivity index (χ0v) is 17.1. The molecule has 0 spiro atoms. The summed E-state index contributed by atoms with van der Waals surface area (Å²) >= 11 is 6.92. The van der Waals surface area contributed by atoms with E-state index in [1.54, 1.807) is 0 Å². The predicted octanol–water partition coefficient (Wildman–Crippen LogP) is 5.00. The Balaban J connectivity index is 1.83. The number of nitrogens with one attached hydrogen (secondary N) is 1. The largest absolute Gasteiger partial charge is 0.384 e. The topological polar surface area (TPSA) is 44.7 Å². The highest BCUT2D eigenvalue weighted by molar-refractivity contribution is 9.11. The van der Waals surface area contributed by atoms with Crippen molar-refractivity contribution in [2.75, 3.05) is 5.01 Å². The maximum atomic E-state index is 12.9. The van der Waals surface area contributed by atoms with Crippen LogP contribution < -0.4 is 10.3 Å². The van der Waals surface area contributed by atoms with E-state index in [-0.39, 0.29) is 5.91 Å². The van der Waals surface area contributed by atoms with Gasteiger partial charge in [-0.05, 0) is 53.5 Å². The summed E-state index contributed by atoms with van der Waals surface area (Å²) in [5.74, 6) is -0.126. The molecule has 0 fully saturated rings. The molecule has 0 unspecified atom stereocenters. The van der Waals surface area contributed by atoms with Gasteiger partial charge in [-0.1, -0.05) is 46.3 Å². The van der Waals surface area contributed by atoms with Crippen LogP contribution in [0.25, 0.3) is 0 Å². The fourth-order valence-corrected chi connectivity index (χ4v) is 3.89. The van der Waals surface area contributed by atoms with Crippen LogP contribution in [0.3, 0.4) is 0 Å². The molecule has 0 aromatic heterocycles. The number of carbonyl (C=O) groups excluding carboxylic acids is 1. The monoisotopic (exact) mass is 461 g/mol. The predicted molar refractivity (Wildman–Crippen MR) is 108 cm³/mol. The van der Waals surface area contributed by atoms with E-state index in [2.05, 4.69) is 42.3 Å². The van der Waals surface area contributed by atoms with Crippen LogP contribution in [0, 0.1) is 0 Å². The second-order valence-corrected chi connectivity index (χ2v) is 7.51. The van der Waals surface area contributed by atoms with Crippen LogP contribution in [0.2, 0.25) is 0 Å². The highest BCUT2D eigenvalue weighted by Crippen LogP contribution is 2.33. The summed E-state index contributed by atoms with van der Waals surface area (Å²) in [5, 5.41) is 9.21. The molecule has 1 heterocycles. The molecule has 25 heavy (non-hydrogen) atoms. The average Bonchev–Trinajstić information content (AvgIpc) is 2.88. The molecule has 1 N–H and O–H groups in total. The third kappa shape index (κ3) is 3.85. The van der Waals surface area contributed by atoms with Crippen molar-refractivity contribution < 1.29 is 4.79 Å². The summed E-state index contributed by atoms with van der Waals surface area (Å²) in [7, 11) is 0. The van der Waals surface area contributed by atoms with E-state index in [0.29, 0.717) is 17.8 Å². The van der Waals surface area contributed by atoms with Gasteiger partial charge in [0.2, 0.25) is 0 Å². The third-order valence-corrected chi connectivity index (χ3v) is 5.06.